The van der Waals surface area contributed by atoms with Gasteiger partial charge in [-0.3, -0.25) is 4.79 Å². The van der Waals surface area contributed by atoms with Gasteiger partial charge in [0.2, 0.25) is 0 Å². The molecule has 0 aliphatic heterocycles. The van der Waals surface area contributed by atoms with Crippen LogP contribution in [0.15, 0.2) is 0 Å². The molecule has 0 aliphatic carbocycles. The molecular weight excluding hydrogens is 157 g/mol. The number of carbonyl (C=O) groups is 1. The van der Waals surface area contributed by atoms with E-state index >= 15 is 0 Å². The molecule has 0 aromatic heterocycles. The van der Waals surface area contributed by atoms with Gasteiger partial charge in [-0.2, -0.15) is 0 Å². The third-order valence-corrected chi connectivity index (χ3v) is 1.56. The first-order chi connectivity index (χ1) is 4.54. The number of carboxylic acids is 1. The van der Waals surface area contributed by atoms with Gasteiger partial charge >= 0.3 is 13.6 Å². The molecule has 0 rings (SSSR count). The summed E-state index contributed by atoms with van der Waals surface area (Å²) in [6.07, 6.45) is -0.184. The average Bonchev–Trinajstić information content (AvgIpc) is 1.82. The summed E-state index contributed by atoms with van der Waals surface area (Å²) in [7, 11) is -2.50. The van der Waals surface area contributed by atoms with Crippen molar-refractivity contribution < 1.29 is 19.0 Å². The third-order valence-electron chi connectivity index (χ3n) is 0.940. The molecule has 0 aliphatic rings. The second kappa shape index (κ2) is 4.19. The van der Waals surface area contributed by atoms with Crippen molar-refractivity contribution in [3.63, 3.8) is 0 Å². The lowest BCUT2D eigenvalue weighted by atomic mass is 10.2. The van der Waals surface area contributed by atoms with E-state index < -0.39 is 19.7 Å². The van der Waals surface area contributed by atoms with Crippen LogP contribution >= 0.6 is 7.68 Å². The summed E-state index contributed by atoms with van der Waals surface area (Å²) in [4.78, 5) is 9.99. The number of hydrogen-bond acceptors (Lipinski definition) is 4. The predicted octanol–water partition coefficient (Wildman–Crippen LogP) is -0.0387. The summed E-state index contributed by atoms with van der Waals surface area (Å²) < 4.78 is 19.8. The fourth-order valence-electron chi connectivity index (χ4n) is 0.368. The topological polar surface area (TPSA) is 97.5 Å². The van der Waals surface area contributed by atoms with Crippen LogP contribution in [-0.4, -0.2) is 23.3 Å². The summed E-state index contributed by atoms with van der Waals surface area (Å²) in [5.74, 6) is -1.17. The Balaban J connectivity index is 3.59. The molecule has 0 aromatic rings. The van der Waals surface area contributed by atoms with Crippen molar-refractivity contribution in [2.75, 3.05) is 6.16 Å². The van der Waals surface area contributed by atoms with Gasteiger partial charge in [-0.1, -0.05) is 0 Å². The highest BCUT2D eigenvalue weighted by atomic mass is 31.1. The zero-order valence-electron chi connectivity index (χ0n) is 5.19. The van der Waals surface area contributed by atoms with Gasteiger partial charge in [-0.05, 0) is 6.42 Å². The molecule has 0 radical (unpaired) electrons. The molecule has 1 atom stereocenters. The Morgan fingerprint density at radius 2 is 2.10 bits per heavy atom. The maximum atomic E-state index is 9.99. The third kappa shape index (κ3) is 4.23. The van der Waals surface area contributed by atoms with Crippen LogP contribution in [0.3, 0.4) is 0 Å². The molecule has 10 heavy (non-hydrogen) atoms. The summed E-state index contributed by atoms with van der Waals surface area (Å²) in [6, 6.07) is -1.06. The van der Waals surface area contributed by atoms with Gasteiger partial charge in [0.25, 0.3) is 0 Å². The monoisotopic (exact) mass is 165 g/mol. The van der Waals surface area contributed by atoms with E-state index in [1.54, 1.807) is 0 Å². The summed E-state index contributed by atoms with van der Waals surface area (Å²) in [5, 5.41) is 8.17. The van der Waals surface area contributed by atoms with E-state index in [-0.39, 0.29) is 12.6 Å². The Hall–Kier alpha value is -0.670. The van der Waals surface area contributed by atoms with Crippen molar-refractivity contribution in [1.82, 2.24) is 0 Å². The summed E-state index contributed by atoms with van der Waals surface area (Å²) >= 11 is 0. The maximum absolute atomic E-state index is 9.99. The number of nitrogens with two attached hydrogens (primary N) is 1. The van der Waals surface area contributed by atoms with Gasteiger partial charge in [0.1, 0.15) is 6.04 Å². The first-order valence-corrected chi connectivity index (χ1v) is 4.00. The summed E-state index contributed by atoms with van der Waals surface area (Å²) in [5.41, 5.74) is 5.00. The van der Waals surface area contributed by atoms with Crippen LogP contribution in [0.4, 0.5) is 0 Å². The lowest BCUT2D eigenvalue weighted by molar-refractivity contribution is -0.138. The van der Waals surface area contributed by atoms with E-state index in [0.717, 1.165) is 0 Å². The number of aliphatic carboxylic acids is 1. The molecule has 58 valence electrons. The first-order valence-electron chi connectivity index (χ1n) is 2.64. The second-order valence-electron chi connectivity index (χ2n) is 1.79. The van der Waals surface area contributed by atoms with Crippen molar-refractivity contribution >= 4 is 13.6 Å². The number of carboxylic acid groups (broad SMARTS) is 1. The summed E-state index contributed by atoms with van der Waals surface area (Å²) in [6.45, 7) is 0. The van der Waals surface area contributed by atoms with Crippen molar-refractivity contribution in [1.29, 1.82) is 0 Å². The Kier molecular flexibility index (Phi) is 3.91. The van der Waals surface area contributed by atoms with Crippen LogP contribution < -0.4 is 5.73 Å². The van der Waals surface area contributed by atoms with Gasteiger partial charge in [0.15, 0.2) is 0 Å². The highest BCUT2D eigenvalue weighted by Gasteiger charge is 2.11. The number of hydrogen-bond donors (Lipinski definition) is 2. The van der Waals surface area contributed by atoms with Crippen LogP contribution in [0.5, 0.6) is 0 Å². The molecule has 0 fully saturated rings. The fourth-order valence-corrected chi connectivity index (χ4v) is 0.857. The largest absolute Gasteiger partial charge is 0.480 e. The Bertz CT molecular complexity index is 180. The van der Waals surface area contributed by atoms with Crippen molar-refractivity contribution in [2.24, 2.45) is 5.73 Å². The SMILES string of the molecule is NC(CCP(=O)=O)C(=O)O. The normalized spacial score (nSPS) is 12.5. The second-order valence-corrected chi connectivity index (χ2v) is 2.90. The molecule has 5 nitrogen and oxygen atoms in total. The van der Waals surface area contributed by atoms with Crippen molar-refractivity contribution in [3.8, 4) is 0 Å². The van der Waals surface area contributed by atoms with E-state index in [0.29, 0.717) is 0 Å². The average molecular weight is 165 g/mol. The molecule has 0 amide bonds. The van der Waals surface area contributed by atoms with Crippen molar-refractivity contribution in [3.05, 3.63) is 0 Å². The Labute approximate surface area is 58.0 Å². The molecule has 0 heterocycles. The molecule has 0 saturated heterocycles. The van der Waals surface area contributed by atoms with Crippen LogP contribution in [0.2, 0.25) is 0 Å². The highest BCUT2D eigenvalue weighted by molar-refractivity contribution is 7.30. The smallest absolute Gasteiger partial charge is 0.320 e. The minimum atomic E-state index is -2.50. The zero-order valence-corrected chi connectivity index (χ0v) is 6.08. The van der Waals surface area contributed by atoms with Gasteiger partial charge in [-0.25, -0.2) is 9.13 Å². The van der Waals surface area contributed by atoms with Crippen LogP contribution in [-0.2, 0) is 13.9 Å². The Morgan fingerprint density at radius 1 is 1.60 bits per heavy atom. The van der Waals surface area contributed by atoms with E-state index in [2.05, 4.69) is 0 Å². The van der Waals surface area contributed by atoms with E-state index in [1.165, 1.54) is 0 Å². The van der Waals surface area contributed by atoms with Crippen LogP contribution in [0, 0.1) is 0 Å². The van der Waals surface area contributed by atoms with E-state index in [1.807, 2.05) is 0 Å². The molecule has 0 saturated carbocycles. The lowest BCUT2D eigenvalue weighted by Crippen LogP contribution is -2.30. The molecule has 0 aromatic carbocycles. The van der Waals surface area contributed by atoms with Crippen LogP contribution in [0.25, 0.3) is 0 Å². The van der Waals surface area contributed by atoms with E-state index in [4.69, 9.17) is 10.8 Å². The Morgan fingerprint density at radius 3 is 2.40 bits per heavy atom. The van der Waals surface area contributed by atoms with Gasteiger partial charge in [0, 0.05) is 0 Å². The standard InChI is InChI=1S/C4H8NO4P/c5-3(4(6)7)1-2-10(8)9/h3H,1-2,5H2,(H,6,7). The molecule has 0 spiro atoms. The quantitative estimate of drug-likeness (QED) is 0.569. The van der Waals surface area contributed by atoms with Crippen LogP contribution in [0.1, 0.15) is 6.42 Å². The van der Waals surface area contributed by atoms with Gasteiger partial charge in [-0.15, -0.1) is 0 Å². The molecule has 6 heteroatoms. The minimum absolute atomic E-state index is 0.0198. The minimum Gasteiger partial charge on any atom is -0.480 e. The van der Waals surface area contributed by atoms with Crippen molar-refractivity contribution in [2.45, 2.75) is 12.5 Å². The molecule has 0 bridgehead atoms. The van der Waals surface area contributed by atoms with E-state index in [9.17, 15) is 13.9 Å². The highest BCUT2D eigenvalue weighted by Crippen LogP contribution is 2.05. The zero-order chi connectivity index (χ0) is 8.15. The van der Waals surface area contributed by atoms with Gasteiger partial charge < -0.3 is 10.8 Å². The van der Waals surface area contributed by atoms with Gasteiger partial charge in [0.05, 0.1) is 6.16 Å². The molecule has 1 unspecified atom stereocenters. The maximum Gasteiger partial charge on any atom is 0.320 e. The molecular formula is C4H8NO4P. The fraction of sp³-hybridized carbons (Fsp3) is 0.750. The first kappa shape index (κ1) is 9.33. The lowest BCUT2D eigenvalue weighted by Gasteiger charge is -1.99. The number of rotatable bonds is 4. The molecule has 3 N–H and O–H groups in total. The predicted molar refractivity (Wildman–Crippen MR) is 33.4 cm³/mol.